The molecule has 0 bridgehead atoms. The third-order valence-electron chi connectivity index (χ3n) is 4.94. The summed E-state index contributed by atoms with van der Waals surface area (Å²) in [5.41, 5.74) is 0.581. The van der Waals surface area contributed by atoms with Crippen LogP contribution in [-0.2, 0) is 16.1 Å². The molecule has 170 valence electrons. The zero-order chi connectivity index (χ0) is 22.5. The number of carbonyl (C=O) groups excluding carboxylic acids is 1. The Labute approximate surface area is 192 Å². The maximum absolute atomic E-state index is 12.5. The summed E-state index contributed by atoms with van der Waals surface area (Å²) in [7, 11) is 1.65. The summed E-state index contributed by atoms with van der Waals surface area (Å²) in [5.74, 6) is 1.26. The number of rotatable bonds is 10. The molecule has 11 nitrogen and oxygen atoms in total. The van der Waals surface area contributed by atoms with E-state index >= 15 is 0 Å². The predicted octanol–water partition coefficient (Wildman–Crippen LogP) is 1.02. The minimum absolute atomic E-state index is 0.114. The molecule has 0 radical (unpaired) electrons. The maximum Gasteiger partial charge on any atom is 0.254 e. The van der Waals surface area contributed by atoms with Gasteiger partial charge in [0, 0.05) is 44.6 Å². The Morgan fingerprint density at radius 1 is 1.38 bits per heavy atom. The smallest absolute Gasteiger partial charge is 0.254 e. The van der Waals surface area contributed by atoms with Gasteiger partial charge >= 0.3 is 0 Å². The summed E-state index contributed by atoms with van der Waals surface area (Å²) < 4.78 is 8.45. The van der Waals surface area contributed by atoms with Gasteiger partial charge in [0.1, 0.15) is 5.82 Å². The van der Waals surface area contributed by atoms with E-state index in [0.717, 1.165) is 5.39 Å². The highest BCUT2D eigenvalue weighted by Crippen LogP contribution is 2.31. The minimum atomic E-state index is -0.181. The molecule has 0 saturated carbocycles. The number of thioether (sulfide) groups is 2. The minimum Gasteiger partial charge on any atom is -0.383 e. The Hall–Kier alpha value is -2.64. The summed E-state index contributed by atoms with van der Waals surface area (Å²) in [6.07, 6.45) is 5.38. The molecule has 1 atom stereocenters. The monoisotopic (exact) mass is 476 g/mol. The number of aromatic nitrogens is 6. The Bertz CT molecular complexity index is 1170. The second kappa shape index (κ2) is 10.3. The van der Waals surface area contributed by atoms with Crippen molar-refractivity contribution in [1.29, 1.82) is 0 Å². The third-order valence-corrected chi connectivity index (χ3v) is 6.60. The van der Waals surface area contributed by atoms with Gasteiger partial charge in [-0.1, -0.05) is 23.5 Å². The molecule has 3 aromatic heterocycles. The average Bonchev–Trinajstić information content (AvgIpc) is 3.39. The Kier molecular flexibility index (Phi) is 7.27. The first-order valence-electron chi connectivity index (χ1n) is 10.1. The second-order valence-electron chi connectivity index (χ2n) is 7.04. The van der Waals surface area contributed by atoms with E-state index in [-0.39, 0.29) is 23.9 Å². The highest BCUT2D eigenvalue weighted by atomic mass is 32.2. The van der Waals surface area contributed by atoms with Crippen LogP contribution in [0.25, 0.3) is 11.0 Å². The van der Waals surface area contributed by atoms with Crippen molar-refractivity contribution < 1.29 is 9.53 Å². The van der Waals surface area contributed by atoms with E-state index in [1.165, 1.54) is 35.8 Å². The Balaban J connectivity index is 1.38. The van der Waals surface area contributed by atoms with Crippen LogP contribution in [0.15, 0.2) is 33.6 Å². The van der Waals surface area contributed by atoms with Crippen molar-refractivity contribution >= 4 is 46.3 Å². The van der Waals surface area contributed by atoms with Crippen LogP contribution < -0.4 is 16.2 Å². The summed E-state index contributed by atoms with van der Waals surface area (Å²) in [5, 5.41) is 12.7. The molecule has 4 rings (SSSR count). The number of ether oxygens (including phenoxy) is 1. The van der Waals surface area contributed by atoms with Gasteiger partial charge in [-0.05, 0) is 6.26 Å². The Morgan fingerprint density at radius 2 is 2.25 bits per heavy atom. The van der Waals surface area contributed by atoms with Crippen molar-refractivity contribution in [1.82, 2.24) is 34.6 Å². The van der Waals surface area contributed by atoms with Crippen molar-refractivity contribution in [3.05, 3.63) is 28.8 Å². The van der Waals surface area contributed by atoms with Gasteiger partial charge in [-0.15, -0.1) is 0 Å². The fraction of sp³-hybridized carbons (Fsp3) is 0.474. The van der Waals surface area contributed by atoms with Gasteiger partial charge in [0.05, 0.1) is 30.8 Å². The van der Waals surface area contributed by atoms with Crippen molar-refractivity contribution in [2.75, 3.05) is 44.1 Å². The van der Waals surface area contributed by atoms with Crippen molar-refractivity contribution in [3.63, 3.8) is 0 Å². The highest BCUT2D eigenvalue weighted by molar-refractivity contribution is 7.99. The molecule has 3 aromatic rings. The van der Waals surface area contributed by atoms with Crippen LogP contribution in [0.2, 0.25) is 0 Å². The van der Waals surface area contributed by atoms with Crippen LogP contribution >= 0.6 is 23.5 Å². The van der Waals surface area contributed by atoms with E-state index in [4.69, 9.17) is 4.74 Å². The van der Waals surface area contributed by atoms with Crippen LogP contribution in [0, 0.1) is 0 Å². The van der Waals surface area contributed by atoms with Gasteiger partial charge in [-0.3, -0.25) is 14.2 Å². The number of methoxy groups -OCH3 is 1. The second-order valence-corrected chi connectivity index (χ2v) is 8.80. The van der Waals surface area contributed by atoms with Crippen LogP contribution in [0.4, 0.5) is 5.82 Å². The molecule has 0 aliphatic carbocycles. The lowest BCUT2D eigenvalue weighted by Crippen LogP contribution is -2.32. The van der Waals surface area contributed by atoms with Gasteiger partial charge in [0.15, 0.2) is 16.0 Å². The zero-order valence-corrected chi connectivity index (χ0v) is 19.4. The summed E-state index contributed by atoms with van der Waals surface area (Å²) >= 11 is 2.95. The number of hydrogen-bond donors (Lipinski definition) is 2. The number of fused-ring (bicyclic) bond motifs is 2. The number of hydrogen-bond acceptors (Lipinski definition) is 10. The lowest BCUT2D eigenvalue weighted by atomic mass is 10.2. The molecular formula is C19H24N8O3S2. The first-order chi connectivity index (χ1) is 15.6. The molecule has 4 heterocycles. The van der Waals surface area contributed by atoms with E-state index in [1.54, 1.807) is 22.6 Å². The maximum atomic E-state index is 12.5. The van der Waals surface area contributed by atoms with Crippen molar-refractivity contribution in [2.45, 2.75) is 29.3 Å². The fourth-order valence-electron chi connectivity index (χ4n) is 3.42. The summed E-state index contributed by atoms with van der Waals surface area (Å²) in [4.78, 5) is 37.9. The lowest BCUT2D eigenvalue weighted by molar-refractivity contribution is -0.121. The van der Waals surface area contributed by atoms with Crippen molar-refractivity contribution in [2.24, 2.45) is 0 Å². The Morgan fingerprint density at radius 3 is 3.06 bits per heavy atom. The van der Waals surface area contributed by atoms with E-state index in [0.29, 0.717) is 53.8 Å². The van der Waals surface area contributed by atoms with Crippen LogP contribution in [0.1, 0.15) is 12.5 Å². The topological polar surface area (TPSA) is 129 Å². The van der Waals surface area contributed by atoms with Crippen molar-refractivity contribution in [3.8, 4) is 0 Å². The molecule has 13 heteroatoms. The number of amides is 1. The van der Waals surface area contributed by atoms with E-state index < -0.39 is 0 Å². The molecular weight excluding hydrogens is 452 g/mol. The fourth-order valence-corrected chi connectivity index (χ4v) is 4.91. The molecule has 0 aromatic carbocycles. The van der Waals surface area contributed by atoms with E-state index in [9.17, 15) is 9.59 Å². The summed E-state index contributed by atoms with van der Waals surface area (Å²) in [6, 6.07) is 1.24. The standard InChI is InChI=1S/C19H24N8O3S2/c1-30-8-6-21-16-13-10-23-26(17(13)25-18(24-16)31-2)7-5-20-14(28)9-12-11-32-19-22-4-3-15(29)27(12)19/h3-4,10,12H,5-9,11H2,1-2H3,(H,20,28)(H,21,24,25). The number of carbonyl (C=O) groups is 1. The molecule has 2 N–H and O–H groups in total. The first kappa shape index (κ1) is 22.6. The van der Waals surface area contributed by atoms with E-state index in [1.807, 2.05) is 6.26 Å². The molecule has 1 aliphatic rings. The van der Waals surface area contributed by atoms with Crippen LogP contribution in [0.5, 0.6) is 0 Å². The average molecular weight is 477 g/mol. The normalized spacial score (nSPS) is 15.1. The van der Waals surface area contributed by atoms with Gasteiger partial charge in [0.25, 0.3) is 5.56 Å². The first-order valence-corrected chi connectivity index (χ1v) is 12.3. The molecule has 0 fully saturated rings. The number of anilines is 1. The number of nitrogens with one attached hydrogen (secondary N) is 2. The van der Waals surface area contributed by atoms with Crippen LogP contribution in [0.3, 0.4) is 0 Å². The summed E-state index contributed by atoms with van der Waals surface area (Å²) in [6.45, 7) is 2.05. The quantitative estimate of drug-likeness (QED) is 0.248. The molecule has 1 amide bonds. The molecule has 32 heavy (non-hydrogen) atoms. The largest absolute Gasteiger partial charge is 0.383 e. The zero-order valence-electron chi connectivity index (χ0n) is 17.8. The van der Waals surface area contributed by atoms with Gasteiger partial charge in [-0.25, -0.2) is 19.6 Å². The molecule has 1 unspecified atom stereocenters. The highest BCUT2D eigenvalue weighted by Gasteiger charge is 2.26. The molecule has 0 saturated heterocycles. The number of nitrogens with zero attached hydrogens (tertiary/aromatic N) is 6. The van der Waals surface area contributed by atoms with E-state index in [2.05, 4.69) is 30.7 Å². The molecule has 0 spiro atoms. The van der Waals surface area contributed by atoms with Gasteiger partial charge in [0.2, 0.25) is 5.91 Å². The third kappa shape index (κ3) is 4.89. The SMILES string of the molecule is COCCNc1nc(SC)nc2c1cnn2CCNC(=O)CC1CSc2nccc(=O)n21. The molecule has 1 aliphatic heterocycles. The van der Waals surface area contributed by atoms with Gasteiger partial charge in [-0.2, -0.15) is 5.10 Å². The predicted molar refractivity (Wildman–Crippen MR) is 123 cm³/mol. The lowest BCUT2D eigenvalue weighted by Gasteiger charge is -2.13. The van der Waals surface area contributed by atoms with Crippen LogP contribution in [-0.4, -0.2) is 74.0 Å². The van der Waals surface area contributed by atoms with Gasteiger partial charge < -0.3 is 15.4 Å².